The second-order valence-corrected chi connectivity index (χ2v) is 6.64. The molecule has 10 heteroatoms. The lowest BCUT2D eigenvalue weighted by Crippen LogP contribution is -2.45. The number of ether oxygens (including phenoxy) is 1. The normalized spacial score (nSPS) is 18.0. The van der Waals surface area contributed by atoms with Crippen molar-refractivity contribution in [3.05, 3.63) is 29.6 Å². The molecule has 1 aliphatic heterocycles. The number of hydrogen-bond donors (Lipinski definition) is 1. The molecule has 1 saturated heterocycles. The second-order valence-electron chi connectivity index (χ2n) is 6.64. The minimum absolute atomic E-state index is 0.152. The number of nitrogens with zero attached hydrogens (tertiary/aromatic N) is 5. The Morgan fingerprint density at radius 3 is 2.89 bits per heavy atom. The summed E-state index contributed by atoms with van der Waals surface area (Å²) in [7, 11) is 1.58. The molecule has 1 aliphatic rings. The Labute approximate surface area is 155 Å². The van der Waals surface area contributed by atoms with Gasteiger partial charge in [-0.25, -0.2) is 4.68 Å². The molecule has 0 spiro atoms. The van der Waals surface area contributed by atoms with Crippen molar-refractivity contribution in [1.29, 1.82) is 0 Å². The van der Waals surface area contributed by atoms with Gasteiger partial charge in [0.1, 0.15) is 0 Å². The topological polar surface area (TPSA) is 68.1 Å². The highest BCUT2D eigenvalue weighted by atomic mass is 19.4. The minimum Gasteiger partial charge on any atom is -0.468 e. The number of rotatable bonds is 6. The highest BCUT2D eigenvalue weighted by Crippen LogP contribution is 2.25. The summed E-state index contributed by atoms with van der Waals surface area (Å²) in [6.45, 7) is 2.50. The van der Waals surface area contributed by atoms with Gasteiger partial charge in [0.05, 0.1) is 11.3 Å². The highest BCUT2D eigenvalue weighted by Gasteiger charge is 2.30. The van der Waals surface area contributed by atoms with E-state index in [0.29, 0.717) is 17.8 Å². The zero-order chi connectivity index (χ0) is 19.4. The van der Waals surface area contributed by atoms with Crippen LogP contribution in [0.1, 0.15) is 24.1 Å². The molecular weight excluding hydrogens is 361 g/mol. The zero-order valence-corrected chi connectivity index (χ0v) is 15.3. The van der Waals surface area contributed by atoms with Crippen LogP contribution in [0, 0.1) is 6.92 Å². The third-order valence-electron chi connectivity index (χ3n) is 4.53. The molecule has 0 aliphatic carbocycles. The van der Waals surface area contributed by atoms with Crippen LogP contribution in [0.2, 0.25) is 0 Å². The zero-order valence-electron chi connectivity index (χ0n) is 15.3. The van der Waals surface area contributed by atoms with Crippen LogP contribution in [0.25, 0.3) is 0 Å². The van der Waals surface area contributed by atoms with E-state index >= 15 is 0 Å². The van der Waals surface area contributed by atoms with Crippen molar-refractivity contribution in [2.24, 2.45) is 7.05 Å². The van der Waals surface area contributed by atoms with Crippen LogP contribution < -0.4 is 15.0 Å². The monoisotopic (exact) mass is 384 g/mol. The number of aromatic nitrogens is 4. The average molecular weight is 384 g/mol. The molecule has 1 unspecified atom stereocenters. The standard InChI is InChI=1S/C17H23F3N6O/c1-12-14(16(25(2)24-12)27-11-17(18,19)20)9-21-13-5-4-8-26(10-13)15-6-3-7-22-23-15/h3,6-7,13,21H,4-5,8-11H2,1-2H3. The number of halogens is 3. The van der Waals surface area contributed by atoms with Crippen molar-refractivity contribution >= 4 is 5.82 Å². The molecule has 0 radical (unpaired) electrons. The first-order chi connectivity index (χ1) is 12.8. The van der Waals surface area contributed by atoms with Gasteiger partial charge >= 0.3 is 6.18 Å². The van der Waals surface area contributed by atoms with Crippen LogP contribution in [0.5, 0.6) is 5.88 Å². The first kappa shape index (κ1) is 19.4. The molecular formula is C17H23F3N6O. The number of hydrogen-bond acceptors (Lipinski definition) is 6. The van der Waals surface area contributed by atoms with Crippen LogP contribution in [0.15, 0.2) is 18.3 Å². The number of nitrogens with one attached hydrogen (secondary N) is 1. The summed E-state index contributed by atoms with van der Waals surface area (Å²) in [4.78, 5) is 2.16. The maximum Gasteiger partial charge on any atom is 0.422 e. The van der Waals surface area contributed by atoms with E-state index in [9.17, 15) is 13.2 Å². The van der Waals surface area contributed by atoms with Gasteiger partial charge in [0, 0.05) is 38.9 Å². The summed E-state index contributed by atoms with van der Waals surface area (Å²) in [5.74, 6) is 0.981. The van der Waals surface area contributed by atoms with Gasteiger partial charge in [-0.3, -0.25) is 0 Å². The Hall–Kier alpha value is -2.36. The molecule has 1 atom stereocenters. The van der Waals surface area contributed by atoms with Gasteiger partial charge in [-0.1, -0.05) is 0 Å². The third-order valence-corrected chi connectivity index (χ3v) is 4.53. The van der Waals surface area contributed by atoms with Crippen LogP contribution in [-0.4, -0.2) is 51.9 Å². The van der Waals surface area contributed by atoms with Crippen molar-refractivity contribution in [3.8, 4) is 5.88 Å². The van der Waals surface area contributed by atoms with E-state index in [1.807, 2.05) is 12.1 Å². The lowest BCUT2D eigenvalue weighted by atomic mass is 10.1. The molecule has 2 aromatic heterocycles. The molecule has 1 fully saturated rings. The fourth-order valence-corrected chi connectivity index (χ4v) is 3.28. The molecule has 1 N–H and O–H groups in total. The largest absolute Gasteiger partial charge is 0.468 e. The first-order valence-corrected chi connectivity index (χ1v) is 8.81. The molecule has 7 nitrogen and oxygen atoms in total. The predicted molar refractivity (Wildman–Crippen MR) is 93.6 cm³/mol. The lowest BCUT2D eigenvalue weighted by molar-refractivity contribution is -0.154. The van der Waals surface area contributed by atoms with E-state index in [4.69, 9.17) is 4.74 Å². The number of alkyl halides is 3. The van der Waals surface area contributed by atoms with E-state index in [0.717, 1.165) is 31.7 Å². The second kappa shape index (κ2) is 8.12. The highest BCUT2D eigenvalue weighted by molar-refractivity contribution is 5.37. The van der Waals surface area contributed by atoms with Gasteiger partial charge in [0.25, 0.3) is 0 Å². The van der Waals surface area contributed by atoms with Crippen LogP contribution in [-0.2, 0) is 13.6 Å². The number of piperidine rings is 1. The molecule has 0 aromatic carbocycles. The average Bonchev–Trinajstić information content (AvgIpc) is 2.91. The van der Waals surface area contributed by atoms with Gasteiger partial charge in [0.15, 0.2) is 12.4 Å². The Kier molecular flexibility index (Phi) is 5.83. The number of aryl methyl sites for hydroxylation is 2. The van der Waals surface area contributed by atoms with Crippen molar-refractivity contribution in [2.75, 3.05) is 24.6 Å². The fraction of sp³-hybridized carbons (Fsp3) is 0.588. The van der Waals surface area contributed by atoms with E-state index in [1.54, 1.807) is 20.2 Å². The third kappa shape index (κ3) is 5.09. The van der Waals surface area contributed by atoms with Gasteiger partial charge in [-0.15, -0.1) is 5.10 Å². The van der Waals surface area contributed by atoms with Crippen molar-refractivity contribution in [3.63, 3.8) is 0 Å². The minimum atomic E-state index is -4.39. The van der Waals surface area contributed by atoms with Gasteiger partial charge < -0.3 is 15.0 Å². The summed E-state index contributed by atoms with van der Waals surface area (Å²) >= 11 is 0. The van der Waals surface area contributed by atoms with E-state index in [2.05, 4.69) is 25.5 Å². The summed E-state index contributed by atoms with van der Waals surface area (Å²) < 4.78 is 43.9. The quantitative estimate of drug-likeness (QED) is 0.824. The Morgan fingerprint density at radius 1 is 1.37 bits per heavy atom. The van der Waals surface area contributed by atoms with Crippen LogP contribution in [0.4, 0.5) is 19.0 Å². The molecule has 3 heterocycles. The molecule has 0 amide bonds. The maximum absolute atomic E-state index is 12.5. The van der Waals surface area contributed by atoms with Crippen molar-refractivity contribution in [1.82, 2.24) is 25.3 Å². The van der Waals surface area contributed by atoms with Gasteiger partial charge in [-0.2, -0.15) is 23.4 Å². The summed E-state index contributed by atoms with van der Waals surface area (Å²) in [5, 5.41) is 15.7. The molecule has 2 aromatic rings. The smallest absolute Gasteiger partial charge is 0.422 e. The first-order valence-electron chi connectivity index (χ1n) is 8.81. The Balaban J connectivity index is 1.62. The molecule has 148 valence electrons. The van der Waals surface area contributed by atoms with Gasteiger partial charge in [-0.05, 0) is 31.9 Å². The summed E-state index contributed by atoms with van der Waals surface area (Å²) in [6, 6.07) is 3.96. The van der Waals surface area contributed by atoms with Crippen molar-refractivity contribution in [2.45, 2.75) is 38.5 Å². The lowest BCUT2D eigenvalue weighted by Gasteiger charge is -2.33. The number of anilines is 1. The molecule has 3 rings (SSSR count). The predicted octanol–water partition coefficient (Wildman–Crippen LogP) is 2.22. The molecule has 0 saturated carbocycles. The fourth-order valence-electron chi connectivity index (χ4n) is 3.28. The van der Waals surface area contributed by atoms with Crippen molar-refractivity contribution < 1.29 is 17.9 Å². The summed E-state index contributed by atoms with van der Waals surface area (Å²) in [6.07, 6.45) is -0.771. The van der Waals surface area contributed by atoms with E-state index in [-0.39, 0.29) is 11.9 Å². The maximum atomic E-state index is 12.5. The molecule has 0 bridgehead atoms. The Morgan fingerprint density at radius 2 is 2.19 bits per heavy atom. The Bertz CT molecular complexity index is 749. The molecule has 27 heavy (non-hydrogen) atoms. The van der Waals surface area contributed by atoms with Crippen LogP contribution >= 0.6 is 0 Å². The SMILES string of the molecule is Cc1nn(C)c(OCC(F)(F)F)c1CNC1CCCN(c2cccnn2)C1. The van der Waals surface area contributed by atoms with E-state index in [1.165, 1.54) is 4.68 Å². The van der Waals surface area contributed by atoms with E-state index < -0.39 is 12.8 Å². The summed E-state index contributed by atoms with van der Waals surface area (Å²) in [5.41, 5.74) is 1.31. The van der Waals surface area contributed by atoms with Gasteiger partial charge in [0.2, 0.25) is 5.88 Å². The van der Waals surface area contributed by atoms with Crippen LogP contribution in [0.3, 0.4) is 0 Å².